The normalized spacial score (nSPS) is 12.4. The van der Waals surface area contributed by atoms with Crippen LogP contribution in [0.3, 0.4) is 0 Å². The average molecular weight is 484 g/mol. The SMILES string of the molecule is O=C(Nc1cc(Cl)c(Cl)cc1Cl)[C@@H](Cc1ccccc1)NS(=O)(=O)c1ccccc1. The summed E-state index contributed by atoms with van der Waals surface area (Å²) in [7, 11) is -3.93. The molecule has 0 bridgehead atoms. The van der Waals surface area contributed by atoms with Gasteiger partial charge in [0.05, 0.1) is 25.7 Å². The molecule has 156 valence electrons. The number of sulfonamides is 1. The van der Waals surface area contributed by atoms with Gasteiger partial charge in [-0.2, -0.15) is 4.72 Å². The van der Waals surface area contributed by atoms with E-state index in [1.165, 1.54) is 24.3 Å². The summed E-state index contributed by atoms with van der Waals surface area (Å²) in [6.07, 6.45) is 0.137. The number of nitrogens with one attached hydrogen (secondary N) is 2. The molecule has 0 heterocycles. The van der Waals surface area contributed by atoms with E-state index in [9.17, 15) is 13.2 Å². The van der Waals surface area contributed by atoms with Gasteiger partial charge in [0.2, 0.25) is 15.9 Å². The topological polar surface area (TPSA) is 75.3 Å². The molecule has 0 unspecified atom stereocenters. The van der Waals surface area contributed by atoms with Gasteiger partial charge in [-0.25, -0.2) is 8.42 Å². The Morgan fingerprint density at radius 3 is 2.03 bits per heavy atom. The first kappa shape index (κ1) is 22.6. The van der Waals surface area contributed by atoms with Crippen LogP contribution >= 0.6 is 34.8 Å². The van der Waals surface area contributed by atoms with E-state index >= 15 is 0 Å². The zero-order valence-electron chi connectivity index (χ0n) is 15.5. The Hall–Kier alpha value is -2.09. The highest BCUT2D eigenvalue weighted by Gasteiger charge is 2.26. The van der Waals surface area contributed by atoms with Crippen molar-refractivity contribution < 1.29 is 13.2 Å². The van der Waals surface area contributed by atoms with Crippen LogP contribution in [0.1, 0.15) is 5.56 Å². The Balaban J connectivity index is 1.89. The number of carbonyl (C=O) groups excluding carboxylic acids is 1. The Labute approximate surface area is 190 Å². The standard InChI is InChI=1S/C21H17Cl3N2O3S/c22-16-12-18(24)19(13-17(16)23)25-21(27)20(11-14-7-3-1-4-8-14)26-30(28,29)15-9-5-2-6-10-15/h1-10,12-13,20,26H,11H2,(H,25,27)/t20-/m1/s1. The van der Waals surface area contributed by atoms with Gasteiger partial charge >= 0.3 is 0 Å². The Morgan fingerprint density at radius 2 is 1.40 bits per heavy atom. The molecule has 3 aromatic rings. The van der Waals surface area contributed by atoms with Crippen molar-refractivity contribution in [1.29, 1.82) is 0 Å². The number of rotatable bonds is 7. The second-order valence-electron chi connectivity index (χ2n) is 6.41. The first-order chi connectivity index (χ1) is 14.3. The number of hydrogen-bond acceptors (Lipinski definition) is 3. The number of carbonyl (C=O) groups is 1. The lowest BCUT2D eigenvalue weighted by molar-refractivity contribution is -0.117. The van der Waals surface area contributed by atoms with Crippen LogP contribution in [0, 0.1) is 0 Å². The number of benzene rings is 3. The average Bonchev–Trinajstić information content (AvgIpc) is 2.73. The Bertz CT molecular complexity index is 1140. The first-order valence-corrected chi connectivity index (χ1v) is 11.4. The Morgan fingerprint density at radius 1 is 0.833 bits per heavy atom. The summed E-state index contributed by atoms with van der Waals surface area (Å²) >= 11 is 18.1. The summed E-state index contributed by atoms with van der Waals surface area (Å²) in [6, 6.07) is 18.6. The van der Waals surface area contributed by atoms with E-state index in [-0.39, 0.29) is 32.1 Å². The Kier molecular flexibility index (Phi) is 7.39. The van der Waals surface area contributed by atoms with Gasteiger partial charge in [0.15, 0.2) is 0 Å². The largest absolute Gasteiger partial charge is 0.323 e. The van der Waals surface area contributed by atoms with E-state index in [1.807, 2.05) is 30.3 Å². The molecule has 2 N–H and O–H groups in total. The van der Waals surface area contributed by atoms with Crippen LogP contribution in [0.15, 0.2) is 77.7 Å². The van der Waals surface area contributed by atoms with Crippen molar-refractivity contribution in [2.24, 2.45) is 0 Å². The summed E-state index contributed by atoms with van der Waals surface area (Å²) in [6.45, 7) is 0. The van der Waals surface area contributed by atoms with Crippen LogP contribution < -0.4 is 10.0 Å². The minimum atomic E-state index is -3.93. The molecule has 0 aliphatic rings. The van der Waals surface area contributed by atoms with Crippen LogP contribution in [-0.4, -0.2) is 20.4 Å². The summed E-state index contributed by atoms with van der Waals surface area (Å²) in [5.74, 6) is -0.585. The molecule has 0 aromatic heterocycles. The molecule has 0 spiro atoms. The zero-order valence-corrected chi connectivity index (χ0v) is 18.6. The maximum atomic E-state index is 13.0. The van der Waals surface area contributed by atoms with Crippen molar-refractivity contribution in [3.05, 3.63) is 93.4 Å². The second-order valence-corrected chi connectivity index (χ2v) is 9.35. The van der Waals surface area contributed by atoms with Gasteiger partial charge in [-0.3, -0.25) is 4.79 Å². The molecule has 0 saturated heterocycles. The van der Waals surface area contributed by atoms with Crippen molar-refractivity contribution in [2.45, 2.75) is 17.4 Å². The van der Waals surface area contributed by atoms with Gasteiger partial charge in [0.25, 0.3) is 0 Å². The fraction of sp³-hybridized carbons (Fsp3) is 0.0952. The summed E-state index contributed by atoms with van der Waals surface area (Å²) in [5.41, 5.74) is 1.02. The molecule has 30 heavy (non-hydrogen) atoms. The van der Waals surface area contributed by atoms with Crippen LogP contribution in [0.4, 0.5) is 5.69 Å². The fourth-order valence-corrected chi connectivity index (χ4v) is 4.54. The second kappa shape index (κ2) is 9.81. The molecule has 3 rings (SSSR count). The highest BCUT2D eigenvalue weighted by atomic mass is 35.5. The molecule has 1 amide bonds. The van der Waals surface area contributed by atoms with E-state index in [4.69, 9.17) is 34.8 Å². The molecule has 0 aliphatic carbocycles. The van der Waals surface area contributed by atoms with E-state index < -0.39 is 22.0 Å². The number of hydrogen-bond donors (Lipinski definition) is 2. The van der Waals surface area contributed by atoms with Gasteiger partial charge in [-0.15, -0.1) is 0 Å². The monoisotopic (exact) mass is 482 g/mol. The molecular weight excluding hydrogens is 467 g/mol. The molecule has 0 aliphatic heterocycles. The smallest absolute Gasteiger partial charge is 0.242 e. The lowest BCUT2D eigenvalue weighted by Gasteiger charge is -2.19. The maximum absolute atomic E-state index is 13.0. The zero-order chi connectivity index (χ0) is 21.7. The van der Waals surface area contributed by atoms with Gasteiger partial charge in [-0.1, -0.05) is 83.3 Å². The molecule has 9 heteroatoms. The predicted octanol–water partition coefficient (Wildman–Crippen LogP) is 5.18. The number of halogens is 3. The lowest BCUT2D eigenvalue weighted by atomic mass is 10.1. The first-order valence-electron chi connectivity index (χ1n) is 8.83. The lowest BCUT2D eigenvalue weighted by Crippen LogP contribution is -2.45. The summed E-state index contributed by atoms with van der Waals surface area (Å²) in [5, 5.41) is 3.26. The molecule has 1 atom stereocenters. The van der Waals surface area contributed by atoms with Crippen LogP contribution in [0.5, 0.6) is 0 Å². The van der Waals surface area contributed by atoms with E-state index in [0.29, 0.717) is 0 Å². The number of anilines is 1. The highest BCUT2D eigenvalue weighted by molar-refractivity contribution is 7.89. The van der Waals surface area contributed by atoms with Crippen molar-refractivity contribution in [1.82, 2.24) is 4.72 Å². The molecule has 0 radical (unpaired) electrons. The van der Waals surface area contributed by atoms with Crippen molar-refractivity contribution in [3.63, 3.8) is 0 Å². The summed E-state index contributed by atoms with van der Waals surface area (Å²) in [4.78, 5) is 13.1. The molecule has 3 aromatic carbocycles. The van der Waals surface area contributed by atoms with Gasteiger partial charge in [0.1, 0.15) is 6.04 Å². The maximum Gasteiger partial charge on any atom is 0.242 e. The third kappa shape index (κ3) is 5.74. The van der Waals surface area contributed by atoms with Crippen molar-refractivity contribution in [3.8, 4) is 0 Å². The minimum Gasteiger partial charge on any atom is -0.323 e. The molecular formula is C21H17Cl3N2O3S. The predicted molar refractivity (Wildman–Crippen MR) is 121 cm³/mol. The van der Waals surface area contributed by atoms with E-state index in [2.05, 4.69) is 10.0 Å². The van der Waals surface area contributed by atoms with E-state index in [1.54, 1.807) is 18.2 Å². The molecule has 5 nitrogen and oxygen atoms in total. The van der Waals surface area contributed by atoms with Crippen molar-refractivity contribution >= 4 is 56.4 Å². The van der Waals surface area contributed by atoms with Crippen LogP contribution in [0.2, 0.25) is 15.1 Å². The molecule has 0 fully saturated rings. The van der Waals surface area contributed by atoms with Crippen molar-refractivity contribution in [2.75, 3.05) is 5.32 Å². The number of amides is 1. The highest BCUT2D eigenvalue weighted by Crippen LogP contribution is 2.32. The third-order valence-corrected chi connectivity index (χ3v) is 6.74. The molecule has 0 saturated carbocycles. The summed E-state index contributed by atoms with van der Waals surface area (Å²) < 4.78 is 28.1. The van der Waals surface area contributed by atoms with Gasteiger partial charge < -0.3 is 5.32 Å². The van der Waals surface area contributed by atoms with Crippen LogP contribution in [-0.2, 0) is 21.2 Å². The quantitative estimate of drug-likeness (QED) is 0.455. The van der Waals surface area contributed by atoms with Crippen LogP contribution in [0.25, 0.3) is 0 Å². The third-order valence-electron chi connectivity index (χ3n) is 4.22. The minimum absolute atomic E-state index is 0.0587. The van der Waals surface area contributed by atoms with Gasteiger partial charge in [-0.05, 0) is 36.2 Å². The fourth-order valence-electron chi connectivity index (χ4n) is 2.73. The van der Waals surface area contributed by atoms with E-state index in [0.717, 1.165) is 5.56 Å². The van der Waals surface area contributed by atoms with Gasteiger partial charge in [0, 0.05) is 0 Å².